The summed E-state index contributed by atoms with van der Waals surface area (Å²) in [5, 5.41) is 6.89. The van der Waals surface area contributed by atoms with E-state index in [9.17, 15) is 4.79 Å². The summed E-state index contributed by atoms with van der Waals surface area (Å²) in [7, 11) is 0. The lowest BCUT2D eigenvalue weighted by Gasteiger charge is -2.23. The molecule has 2 N–H and O–H groups in total. The van der Waals surface area contributed by atoms with Gasteiger partial charge in [0.25, 0.3) is 0 Å². The third kappa shape index (κ3) is 2.03. The summed E-state index contributed by atoms with van der Waals surface area (Å²) in [5.41, 5.74) is 3.83. The Kier molecular flexibility index (Phi) is 2.81. The minimum atomic E-state index is -0.223. The Bertz CT molecular complexity index is 716. The van der Waals surface area contributed by atoms with Crippen LogP contribution in [0.5, 0.6) is 0 Å². The van der Waals surface area contributed by atoms with Crippen LogP contribution in [0.1, 0.15) is 31.1 Å². The lowest BCUT2D eigenvalue weighted by atomic mass is 9.89. The van der Waals surface area contributed by atoms with Gasteiger partial charge in [0.15, 0.2) is 5.78 Å². The van der Waals surface area contributed by atoms with E-state index in [1.807, 2.05) is 36.4 Å². The predicted molar refractivity (Wildman–Crippen MR) is 81.0 cm³/mol. The number of nitrogens with one attached hydrogen (secondary N) is 2. The summed E-state index contributed by atoms with van der Waals surface area (Å²) < 4.78 is 5.56. The van der Waals surface area contributed by atoms with Crippen LogP contribution < -0.4 is 10.6 Å². The summed E-state index contributed by atoms with van der Waals surface area (Å²) in [4.78, 5) is 12.5. The normalized spacial score (nSPS) is 21.0. The Morgan fingerprint density at radius 1 is 1.05 bits per heavy atom. The van der Waals surface area contributed by atoms with Crippen molar-refractivity contribution in [1.29, 1.82) is 0 Å². The van der Waals surface area contributed by atoms with Crippen molar-refractivity contribution in [1.82, 2.24) is 0 Å². The number of anilines is 2. The Balaban J connectivity index is 1.88. The van der Waals surface area contributed by atoms with Crippen LogP contribution in [0.2, 0.25) is 0 Å². The van der Waals surface area contributed by atoms with E-state index in [2.05, 4.69) is 10.6 Å². The maximum absolute atomic E-state index is 12.5. The first-order valence-electron chi connectivity index (χ1n) is 7.25. The second kappa shape index (κ2) is 4.81. The molecule has 1 aromatic heterocycles. The highest BCUT2D eigenvalue weighted by molar-refractivity contribution is 6.00. The first-order chi connectivity index (χ1) is 10.3. The smallest absolute Gasteiger partial charge is 0.163 e. The minimum Gasteiger partial charge on any atom is -0.467 e. The number of ketones is 1. The molecule has 1 atom stereocenters. The quantitative estimate of drug-likeness (QED) is 0.832. The van der Waals surface area contributed by atoms with Gasteiger partial charge in [-0.15, -0.1) is 0 Å². The zero-order chi connectivity index (χ0) is 14.2. The number of rotatable bonds is 1. The van der Waals surface area contributed by atoms with Gasteiger partial charge < -0.3 is 15.1 Å². The maximum atomic E-state index is 12.5. The average Bonchev–Trinajstić information content (AvgIpc) is 2.96. The van der Waals surface area contributed by atoms with Crippen molar-refractivity contribution in [2.75, 3.05) is 10.6 Å². The number of benzene rings is 1. The van der Waals surface area contributed by atoms with Crippen LogP contribution in [0.4, 0.5) is 11.4 Å². The Labute approximate surface area is 122 Å². The van der Waals surface area contributed by atoms with Gasteiger partial charge in [-0.05, 0) is 37.1 Å². The predicted octanol–water partition coefficient (Wildman–Crippen LogP) is 3.87. The van der Waals surface area contributed by atoms with E-state index in [0.29, 0.717) is 6.42 Å². The van der Waals surface area contributed by atoms with Gasteiger partial charge in [0.05, 0.1) is 17.6 Å². The molecule has 2 heterocycles. The Hall–Kier alpha value is -2.49. The minimum absolute atomic E-state index is 0.199. The fourth-order valence-corrected chi connectivity index (χ4v) is 3.11. The zero-order valence-electron chi connectivity index (χ0n) is 11.6. The molecule has 0 fully saturated rings. The van der Waals surface area contributed by atoms with Crippen LogP contribution in [0.25, 0.3) is 0 Å². The molecule has 1 aliphatic heterocycles. The highest BCUT2D eigenvalue weighted by Gasteiger charge is 2.33. The van der Waals surface area contributed by atoms with E-state index >= 15 is 0 Å². The Morgan fingerprint density at radius 2 is 1.90 bits per heavy atom. The second-order valence-electron chi connectivity index (χ2n) is 5.43. The van der Waals surface area contributed by atoms with Crippen molar-refractivity contribution in [2.24, 2.45) is 0 Å². The fourth-order valence-electron chi connectivity index (χ4n) is 3.11. The van der Waals surface area contributed by atoms with Crippen molar-refractivity contribution in [3.63, 3.8) is 0 Å². The van der Waals surface area contributed by atoms with E-state index in [0.717, 1.165) is 41.2 Å². The number of Topliss-reactive ketones (excluding diaryl/α,β-unsaturated/α-hetero) is 1. The number of para-hydroxylation sites is 2. The van der Waals surface area contributed by atoms with Gasteiger partial charge in [-0.3, -0.25) is 4.79 Å². The van der Waals surface area contributed by atoms with Gasteiger partial charge in [0, 0.05) is 17.7 Å². The standard InChI is InChI=1S/C17H16N2O2/c20-14-8-3-7-13-16(14)17(15-9-4-10-21-15)19-12-6-2-1-5-11(12)18-13/h1-2,4-6,9-10,17-19H,3,7-8H2/t17-/m0/s1. The SMILES string of the molecule is O=C1CCCC2=C1[C@H](c1ccco1)Nc1ccccc1N2. The van der Waals surface area contributed by atoms with Crippen LogP contribution in [0.3, 0.4) is 0 Å². The van der Waals surface area contributed by atoms with Crippen molar-refractivity contribution in [2.45, 2.75) is 25.3 Å². The molecule has 0 saturated heterocycles. The third-order valence-electron chi connectivity index (χ3n) is 4.08. The summed E-state index contributed by atoms with van der Waals surface area (Å²) in [6, 6.07) is 11.6. The molecule has 0 spiro atoms. The van der Waals surface area contributed by atoms with Crippen molar-refractivity contribution in [3.8, 4) is 0 Å². The lowest BCUT2D eigenvalue weighted by Crippen LogP contribution is -2.23. The van der Waals surface area contributed by atoms with Crippen LogP contribution >= 0.6 is 0 Å². The van der Waals surface area contributed by atoms with E-state index < -0.39 is 0 Å². The molecule has 0 bridgehead atoms. The van der Waals surface area contributed by atoms with Crippen molar-refractivity contribution >= 4 is 17.2 Å². The number of hydrogen-bond acceptors (Lipinski definition) is 4. The summed E-state index contributed by atoms with van der Waals surface area (Å²) in [6.45, 7) is 0. The topological polar surface area (TPSA) is 54.3 Å². The molecule has 4 nitrogen and oxygen atoms in total. The van der Waals surface area contributed by atoms with Gasteiger partial charge in [0.1, 0.15) is 11.8 Å². The lowest BCUT2D eigenvalue weighted by molar-refractivity contribution is -0.116. The molecule has 0 radical (unpaired) electrons. The van der Waals surface area contributed by atoms with Crippen LogP contribution in [0.15, 0.2) is 58.3 Å². The first kappa shape index (κ1) is 12.3. The molecule has 0 saturated carbocycles. The molecule has 21 heavy (non-hydrogen) atoms. The van der Waals surface area contributed by atoms with E-state index in [-0.39, 0.29) is 11.8 Å². The zero-order valence-corrected chi connectivity index (χ0v) is 11.6. The Morgan fingerprint density at radius 3 is 2.71 bits per heavy atom. The number of hydrogen-bond donors (Lipinski definition) is 2. The van der Waals surface area contributed by atoms with Gasteiger partial charge >= 0.3 is 0 Å². The van der Waals surface area contributed by atoms with Crippen molar-refractivity contribution < 1.29 is 9.21 Å². The number of furan rings is 1. The van der Waals surface area contributed by atoms with Crippen LogP contribution in [-0.2, 0) is 4.79 Å². The highest BCUT2D eigenvalue weighted by Crippen LogP contribution is 2.40. The van der Waals surface area contributed by atoms with Gasteiger partial charge in [-0.25, -0.2) is 0 Å². The summed E-state index contributed by atoms with van der Waals surface area (Å²) in [6.07, 6.45) is 4.05. The van der Waals surface area contributed by atoms with Crippen LogP contribution in [-0.4, -0.2) is 5.78 Å². The average molecular weight is 280 g/mol. The molecule has 1 aromatic carbocycles. The van der Waals surface area contributed by atoms with Gasteiger partial charge in [-0.2, -0.15) is 0 Å². The highest BCUT2D eigenvalue weighted by atomic mass is 16.3. The molecule has 0 amide bonds. The third-order valence-corrected chi connectivity index (χ3v) is 4.08. The number of carbonyl (C=O) groups is 1. The van der Waals surface area contributed by atoms with E-state index in [4.69, 9.17) is 4.42 Å². The fraction of sp³-hybridized carbons (Fsp3) is 0.235. The largest absolute Gasteiger partial charge is 0.467 e. The van der Waals surface area contributed by atoms with Gasteiger partial charge in [0.2, 0.25) is 0 Å². The van der Waals surface area contributed by atoms with E-state index in [1.54, 1.807) is 6.26 Å². The van der Waals surface area contributed by atoms with Crippen LogP contribution in [0, 0.1) is 0 Å². The first-order valence-corrected chi connectivity index (χ1v) is 7.25. The van der Waals surface area contributed by atoms with E-state index in [1.165, 1.54) is 0 Å². The molecule has 0 unspecified atom stereocenters. The number of carbonyl (C=O) groups excluding carboxylic acids is 1. The second-order valence-corrected chi connectivity index (χ2v) is 5.43. The molecule has 4 heteroatoms. The molecule has 4 rings (SSSR count). The number of allylic oxidation sites excluding steroid dienone is 1. The molecule has 2 aromatic rings. The summed E-state index contributed by atoms with van der Waals surface area (Å²) >= 11 is 0. The maximum Gasteiger partial charge on any atom is 0.163 e. The van der Waals surface area contributed by atoms with Gasteiger partial charge in [-0.1, -0.05) is 12.1 Å². The molecular weight excluding hydrogens is 264 g/mol. The van der Waals surface area contributed by atoms with Crippen molar-refractivity contribution in [3.05, 3.63) is 59.7 Å². The number of fused-ring (bicyclic) bond motifs is 1. The molecule has 1 aliphatic carbocycles. The monoisotopic (exact) mass is 280 g/mol. The summed E-state index contributed by atoms with van der Waals surface area (Å²) in [5.74, 6) is 0.974. The molecular formula is C17H16N2O2. The molecule has 106 valence electrons. The molecule has 2 aliphatic rings.